The second kappa shape index (κ2) is 7.07. The molecule has 18 heavy (non-hydrogen) atoms. The first-order chi connectivity index (χ1) is 8.58. The number of hydrogen-bond acceptors (Lipinski definition) is 6. The Labute approximate surface area is 109 Å². The van der Waals surface area contributed by atoms with Crippen molar-refractivity contribution in [2.45, 2.75) is 19.6 Å². The molecule has 1 aromatic rings. The SMILES string of the molecule is CCOC(=O)CSCc1cc(C(=O)NN)oc1C. The number of nitrogens with two attached hydrogens (primary N) is 1. The molecule has 3 N–H and O–H groups in total. The number of amides is 1. The third-order valence-electron chi connectivity index (χ3n) is 2.16. The fraction of sp³-hybridized carbons (Fsp3) is 0.455. The highest BCUT2D eigenvalue weighted by molar-refractivity contribution is 7.99. The van der Waals surface area contributed by atoms with Crippen LogP contribution in [0.4, 0.5) is 0 Å². The molecule has 0 aromatic carbocycles. The largest absolute Gasteiger partial charge is 0.465 e. The van der Waals surface area contributed by atoms with Gasteiger partial charge in [-0.1, -0.05) is 0 Å². The van der Waals surface area contributed by atoms with E-state index in [1.807, 2.05) is 5.43 Å². The standard InChI is InChI=1S/C11H16N2O4S/c1-3-16-10(14)6-18-5-8-4-9(11(15)13-12)17-7(8)2/h4H,3,5-6,12H2,1-2H3,(H,13,15). The maximum Gasteiger partial charge on any atom is 0.315 e. The molecule has 0 aliphatic rings. The molecule has 0 atom stereocenters. The summed E-state index contributed by atoms with van der Waals surface area (Å²) < 4.78 is 10.1. The van der Waals surface area contributed by atoms with Gasteiger partial charge in [0.25, 0.3) is 0 Å². The van der Waals surface area contributed by atoms with Crippen molar-refractivity contribution in [1.29, 1.82) is 0 Å². The van der Waals surface area contributed by atoms with E-state index in [2.05, 4.69) is 0 Å². The summed E-state index contributed by atoms with van der Waals surface area (Å²) in [7, 11) is 0. The maximum atomic E-state index is 11.2. The molecule has 0 fully saturated rings. The Balaban J connectivity index is 2.50. The topological polar surface area (TPSA) is 94.6 Å². The van der Waals surface area contributed by atoms with Crippen molar-refractivity contribution in [1.82, 2.24) is 5.43 Å². The Kier molecular flexibility index (Phi) is 5.73. The average molecular weight is 272 g/mol. The molecule has 0 aliphatic heterocycles. The number of esters is 1. The van der Waals surface area contributed by atoms with Crippen LogP contribution >= 0.6 is 11.8 Å². The number of ether oxygens (including phenoxy) is 1. The van der Waals surface area contributed by atoms with Crippen LogP contribution in [0.5, 0.6) is 0 Å². The van der Waals surface area contributed by atoms with Crippen LogP contribution in [-0.2, 0) is 15.3 Å². The number of hydrogen-bond donors (Lipinski definition) is 2. The summed E-state index contributed by atoms with van der Waals surface area (Å²) in [4.78, 5) is 22.4. The lowest BCUT2D eigenvalue weighted by molar-refractivity contribution is -0.139. The molecule has 1 aromatic heterocycles. The molecule has 0 saturated heterocycles. The molecule has 7 heteroatoms. The van der Waals surface area contributed by atoms with Gasteiger partial charge in [0.1, 0.15) is 5.76 Å². The third kappa shape index (κ3) is 4.08. The second-order valence-electron chi connectivity index (χ2n) is 3.46. The molecule has 0 bridgehead atoms. The Hall–Kier alpha value is -1.47. The number of nitrogen functional groups attached to an aromatic ring is 1. The van der Waals surface area contributed by atoms with E-state index in [-0.39, 0.29) is 17.5 Å². The van der Waals surface area contributed by atoms with Gasteiger partial charge in [0, 0.05) is 11.3 Å². The number of carbonyl (C=O) groups is 2. The van der Waals surface area contributed by atoms with Crippen molar-refractivity contribution in [3.8, 4) is 0 Å². The van der Waals surface area contributed by atoms with Crippen LogP contribution in [0.25, 0.3) is 0 Å². The summed E-state index contributed by atoms with van der Waals surface area (Å²) >= 11 is 1.40. The highest BCUT2D eigenvalue weighted by Crippen LogP contribution is 2.20. The molecule has 0 unspecified atom stereocenters. The van der Waals surface area contributed by atoms with Gasteiger partial charge in [0.15, 0.2) is 5.76 Å². The van der Waals surface area contributed by atoms with Crippen LogP contribution in [0.15, 0.2) is 10.5 Å². The first-order valence-corrected chi connectivity index (χ1v) is 6.57. The number of furan rings is 1. The van der Waals surface area contributed by atoms with Gasteiger partial charge in [-0.2, -0.15) is 0 Å². The maximum absolute atomic E-state index is 11.2. The lowest BCUT2D eigenvalue weighted by atomic mass is 10.3. The molecule has 100 valence electrons. The molecular weight excluding hydrogens is 256 g/mol. The summed E-state index contributed by atoms with van der Waals surface area (Å²) in [6.07, 6.45) is 0. The Morgan fingerprint density at radius 1 is 1.56 bits per heavy atom. The molecule has 0 radical (unpaired) electrons. The average Bonchev–Trinajstić information content (AvgIpc) is 2.70. The van der Waals surface area contributed by atoms with Crippen molar-refractivity contribution in [3.63, 3.8) is 0 Å². The summed E-state index contributed by atoms with van der Waals surface area (Å²) in [5, 5.41) is 0. The van der Waals surface area contributed by atoms with Crippen LogP contribution in [-0.4, -0.2) is 24.2 Å². The summed E-state index contributed by atoms with van der Waals surface area (Å²) in [5.74, 6) is 5.95. The van der Waals surface area contributed by atoms with Crippen LogP contribution in [0, 0.1) is 6.92 Å². The van der Waals surface area contributed by atoms with E-state index < -0.39 is 5.91 Å². The van der Waals surface area contributed by atoms with Crippen LogP contribution in [0.3, 0.4) is 0 Å². The number of nitrogens with one attached hydrogen (secondary N) is 1. The lowest BCUT2D eigenvalue weighted by Gasteiger charge is -2.00. The van der Waals surface area contributed by atoms with Crippen LogP contribution in [0.1, 0.15) is 28.8 Å². The molecule has 0 aliphatic carbocycles. The fourth-order valence-corrected chi connectivity index (χ4v) is 2.15. The van der Waals surface area contributed by atoms with Crippen molar-refractivity contribution < 1.29 is 18.7 Å². The second-order valence-corrected chi connectivity index (χ2v) is 4.45. The predicted molar refractivity (Wildman–Crippen MR) is 67.9 cm³/mol. The quantitative estimate of drug-likeness (QED) is 0.347. The molecule has 1 rings (SSSR count). The van der Waals surface area contributed by atoms with Crippen molar-refractivity contribution in [2.75, 3.05) is 12.4 Å². The number of carbonyl (C=O) groups excluding carboxylic acids is 2. The first kappa shape index (κ1) is 14.6. The third-order valence-corrected chi connectivity index (χ3v) is 3.11. The molecule has 1 amide bonds. The van der Waals surface area contributed by atoms with E-state index in [0.29, 0.717) is 18.1 Å². The van der Waals surface area contributed by atoms with E-state index >= 15 is 0 Å². The van der Waals surface area contributed by atoms with Gasteiger partial charge in [-0.3, -0.25) is 15.0 Å². The molecule has 0 spiro atoms. The minimum absolute atomic E-state index is 0.168. The molecule has 6 nitrogen and oxygen atoms in total. The number of hydrazine groups is 1. The lowest BCUT2D eigenvalue weighted by Crippen LogP contribution is -2.29. The monoisotopic (exact) mass is 272 g/mol. The summed E-state index contributed by atoms with van der Waals surface area (Å²) in [5.41, 5.74) is 2.86. The zero-order valence-corrected chi connectivity index (χ0v) is 11.1. The fourth-order valence-electron chi connectivity index (χ4n) is 1.29. The van der Waals surface area contributed by atoms with Crippen molar-refractivity contribution in [3.05, 3.63) is 23.2 Å². The van der Waals surface area contributed by atoms with Gasteiger partial charge >= 0.3 is 11.9 Å². The van der Waals surface area contributed by atoms with Gasteiger partial charge in [0.05, 0.1) is 12.4 Å². The minimum atomic E-state index is -0.472. The van der Waals surface area contributed by atoms with E-state index in [1.165, 1.54) is 11.8 Å². The Morgan fingerprint density at radius 3 is 2.89 bits per heavy atom. The normalized spacial score (nSPS) is 10.2. The highest BCUT2D eigenvalue weighted by Gasteiger charge is 2.13. The summed E-state index contributed by atoms with van der Waals surface area (Å²) in [6.45, 7) is 3.90. The van der Waals surface area contributed by atoms with Gasteiger partial charge < -0.3 is 9.15 Å². The minimum Gasteiger partial charge on any atom is -0.465 e. The molecule has 0 saturated carbocycles. The van der Waals surface area contributed by atoms with Gasteiger partial charge in [0.2, 0.25) is 0 Å². The van der Waals surface area contributed by atoms with Crippen LogP contribution < -0.4 is 11.3 Å². The van der Waals surface area contributed by atoms with Gasteiger partial charge in [-0.25, -0.2) is 5.84 Å². The predicted octanol–water partition coefficient (Wildman–Crippen LogP) is 0.988. The molecule has 1 heterocycles. The van der Waals surface area contributed by atoms with Crippen LogP contribution in [0.2, 0.25) is 0 Å². The zero-order valence-electron chi connectivity index (χ0n) is 10.3. The number of aryl methyl sites for hydroxylation is 1. The van der Waals surface area contributed by atoms with E-state index in [0.717, 1.165) is 5.56 Å². The molecular formula is C11H16N2O4S. The number of rotatable bonds is 6. The summed E-state index contributed by atoms with van der Waals surface area (Å²) in [6, 6.07) is 1.62. The highest BCUT2D eigenvalue weighted by atomic mass is 32.2. The van der Waals surface area contributed by atoms with Crippen molar-refractivity contribution >= 4 is 23.6 Å². The van der Waals surface area contributed by atoms with E-state index in [1.54, 1.807) is 19.9 Å². The first-order valence-electron chi connectivity index (χ1n) is 5.42. The number of thioether (sulfide) groups is 1. The van der Waals surface area contributed by atoms with Gasteiger partial charge in [-0.05, 0) is 19.9 Å². The smallest absolute Gasteiger partial charge is 0.315 e. The van der Waals surface area contributed by atoms with Gasteiger partial charge in [-0.15, -0.1) is 11.8 Å². The van der Waals surface area contributed by atoms with E-state index in [4.69, 9.17) is 15.0 Å². The Bertz CT molecular complexity index is 431. The van der Waals surface area contributed by atoms with E-state index in [9.17, 15) is 9.59 Å². The van der Waals surface area contributed by atoms with Crippen molar-refractivity contribution in [2.24, 2.45) is 5.84 Å². The Morgan fingerprint density at radius 2 is 2.28 bits per heavy atom. The zero-order chi connectivity index (χ0) is 13.5.